The largest absolute Gasteiger partial charge is 0.357 e. The molecule has 0 bridgehead atoms. The van der Waals surface area contributed by atoms with Crippen molar-refractivity contribution in [3.05, 3.63) is 35.9 Å². The number of piperidine rings is 1. The van der Waals surface area contributed by atoms with Crippen LogP contribution in [0.15, 0.2) is 35.3 Å². The molecule has 2 fully saturated rings. The van der Waals surface area contributed by atoms with Crippen LogP contribution in [0, 0.1) is 0 Å². The number of hydrogen-bond acceptors (Lipinski definition) is 5. The lowest BCUT2D eigenvalue weighted by Crippen LogP contribution is -2.51. The monoisotopic (exact) mass is 435 g/mol. The van der Waals surface area contributed by atoms with Crippen molar-refractivity contribution in [3.8, 4) is 0 Å². The fraction of sp³-hybridized carbons (Fsp3) is 0.682. The van der Waals surface area contributed by atoms with Crippen LogP contribution < -0.4 is 10.6 Å². The molecule has 2 aliphatic rings. The highest BCUT2D eigenvalue weighted by Crippen LogP contribution is 2.20. The summed E-state index contributed by atoms with van der Waals surface area (Å²) in [7, 11) is -2.82. The molecule has 2 atom stereocenters. The van der Waals surface area contributed by atoms with Gasteiger partial charge in [0.05, 0.1) is 18.1 Å². The van der Waals surface area contributed by atoms with E-state index in [0.717, 1.165) is 45.0 Å². The van der Waals surface area contributed by atoms with Crippen molar-refractivity contribution in [1.29, 1.82) is 0 Å². The van der Waals surface area contributed by atoms with Crippen LogP contribution in [-0.4, -0.2) is 87.0 Å². The minimum atomic E-state index is -2.82. The standard InChI is InChI=1S/C22H37N5O2S/c1-3-23-22(24-10-12-26-13-15-30(28,29)16-14-26)25-21-9-11-27(19(2)17-21)18-20-7-5-4-6-8-20/h4-8,19,21H,3,9-18H2,1-2H3,(H2,23,24,25). The summed E-state index contributed by atoms with van der Waals surface area (Å²) in [5, 5.41) is 6.98. The first-order valence-corrected chi connectivity index (χ1v) is 13.0. The van der Waals surface area contributed by atoms with Crippen LogP contribution in [0.4, 0.5) is 0 Å². The van der Waals surface area contributed by atoms with Gasteiger partial charge in [0.1, 0.15) is 0 Å². The Hall–Kier alpha value is -1.64. The molecule has 0 aromatic heterocycles. The van der Waals surface area contributed by atoms with Gasteiger partial charge in [-0.1, -0.05) is 30.3 Å². The molecule has 1 aromatic rings. The van der Waals surface area contributed by atoms with Gasteiger partial charge in [-0.15, -0.1) is 0 Å². The third-order valence-corrected chi connectivity index (χ3v) is 7.66. The Morgan fingerprint density at radius 3 is 2.57 bits per heavy atom. The number of sulfone groups is 1. The molecular formula is C22H37N5O2S. The molecule has 2 heterocycles. The van der Waals surface area contributed by atoms with E-state index in [2.05, 4.69) is 64.6 Å². The van der Waals surface area contributed by atoms with E-state index in [1.165, 1.54) is 5.56 Å². The molecule has 3 rings (SSSR count). The molecule has 2 N–H and O–H groups in total. The summed E-state index contributed by atoms with van der Waals surface area (Å²) in [6.07, 6.45) is 2.20. The zero-order chi connectivity index (χ0) is 21.4. The highest BCUT2D eigenvalue weighted by molar-refractivity contribution is 7.91. The van der Waals surface area contributed by atoms with Crippen LogP contribution in [0.3, 0.4) is 0 Å². The van der Waals surface area contributed by atoms with E-state index < -0.39 is 9.84 Å². The van der Waals surface area contributed by atoms with Crippen LogP contribution in [0.25, 0.3) is 0 Å². The quantitative estimate of drug-likeness (QED) is 0.497. The van der Waals surface area contributed by atoms with Gasteiger partial charge in [0.15, 0.2) is 15.8 Å². The average molecular weight is 436 g/mol. The van der Waals surface area contributed by atoms with Gasteiger partial charge in [0.2, 0.25) is 0 Å². The van der Waals surface area contributed by atoms with E-state index in [9.17, 15) is 8.42 Å². The van der Waals surface area contributed by atoms with Gasteiger partial charge in [-0.3, -0.25) is 14.8 Å². The molecule has 7 nitrogen and oxygen atoms in total. The molecule has 1 aromatic carbocycles. The number of guanidine groups is 1. The summed E-state index contributed by atoms with van der Waals surface area (Å²) in [6, 6.07) is 11.6. The lowest BCUT2D eigenvalue weighted by Gasteiger charge is -2.38. The van der Waals surface area contributed by atoms with Crippen LogP contribution in [0.5, 0.6) is 0 Å². The summed E-state index contributed by atoms with van der Waals surface area (Å²) in [5.41, 5.74) is 1.37. The minimum Gasteiger partial charge on any atom is -0.357 e. The van der Waals surface area contributed by atoms with E-state index in [0.29, 0.717) is 31.7 Å². The van der Waals surface area contributed by atoms with Gasteiger partial charge in [-0.05, 0) is 32.3 Å². The van der Waals surface area contributed by atoms with Crippen molar-refractivity contribution >= 4 is 15.8 Å². The second-order valence-electron chi connectivity index (χ2n) is 8.42. The maximum Gasteiger partial charge on any atom is 0.191 e. The van der Waals surface area contributed by atoms with Crippen LogP contribution in [-0.2, 0) is 16.4 Å². The van der Waals surface area contributed by atoms with Gasteiger partial charge in [-0.2, -0.15) is 0 Å². The molecule has 2 unspecified atom stereocenters. The summed E-state index contributed by atoms with van der Waals surface area (Å²) >= 11 is 0. The molecule has 0 spiro atoms. The van der Waals surface area contributed by atoms with Crippen molar-refractivity contribution in [2.24, 2.45) is 4.99 Å². The van der Waals surface area contributed by atoms with Gasteiger partial charge in [0.25, 0.3) is 0 Å². The van der Waals surface area contributed by atoms with Crippen LogP contribution in [0.2, 0.25) is 0 Å². The minimum absolute atomic E-state index is 0.272. The third kappa shape index (κ3) is 7.25. The highest BCUT2D eigenvalue weighted by atomic mass is 32.2. The van der Waals surface area contributed by atoms with E-state index in [1.54, 1.807) is 0 Å². The summed E-state index contributed by atoms with van der Waals surface area (Å²) in [4.78, 5) is 9.49. The lowest BCUT2D eigenvalue weighted by atomic mass is 9.97. The molecule has 30 heavy (non-hydrogen) atoms. The third-order valence-electron chi connectivity index (χ3n) is 6.05. The van der Waals surface area contributed by atoms with E-state index in [-0.39, 0.29) is 11.5 Å². The number of nitrogens with one attached hydrogen (secondary N) is 2. The van der Waals surface area contributed by atoms with Gasteiger partial charge in [0, 0.05) is 51.4 Å². The van der Waals surface area contributed by atoms with Crippen molar-refractivity contribution in [3.63, 3.8) is 0 Å². The zero-order valence-corrected chi connectivity index (χ0v) is 19.2. The Morgan fingerprint density at radius 2 is 1.90 bits per heavy atom. The topological polar surface area (TPSA) is 77.0 Å². The molecule has 0 saturated carbocycles. The van der Waals surface area contributed by atoms with Gasteiger partial charge >= 0.3 is 0 Å². The number of nitrogens with zero attached hydrogens (tertiary/aromatic N) is 3. The highest BCUT2D eigenvalue weighted by Gasteiger charge is 2.26. The first-order valence-electron chi connectivity index (χ1n) is 11.2. The summed E-state index contributed by atoms with van der Waals surface area (Å²) in [5.74, 6) is 1.42. The van der Waals surface area contributed by atoms with E-state index >= 15 is 0 Å². The summed E-state index contributed by atoms with van der Waals surface area (Å²) < 4.78 is 23.1. The fourth-order valence-corrected chi connectivity index (χ4v) is 5.47. The average Bonchev–Trinajstić information content (AvgIpc) is 2.72. The molecule has 168 valence electrons. The Labute approximate surface area is 181 Å². The normalized spacial score (nSPS) is 25.7. The van der Waals surface area contributed by atoms with Crippen molar-refractivity contribution in [1.82, 2.24) is 20.4 Å². The van der Waals surface area contributed by atoms with E-state index in [1.807, 2.05) is 0 Å². The Balaban J connectivity index is 1.45. The molecule has 0 aliphatic carbocycles. The molecule has 2 saturated heterocycles. The summed E-state index contributed by atoms with van der Waals surface area (Å²) in [6.45, 7) is 10.0. The SMILES string of the molecule is CCNC(=NCCN1CCS(=O)(=O)CC1)NC1CCN(Cc2ccccc2)C(C)C1. The number of benzene rings is 1. The van der Waals surface area contributed by atoms with Gasteiger partial charge < -0.3 is 10.6 Å². The van der Waals surface area contributed by atoms with Crippen molar-refractivity contribution in [2.75, 3.05) is 50.8 Å². The Bertz CT molecular complexity index is 770. The number of rotatable bonds is 7. The predicted molar refractivity (Wildman–Crippen MR) is 124 cm³/mol. The first kappa shape index (κ1) is 23.0. The van der Waals surface area contributed by atoms with E-state index in [4.69, 9.17) is 4.99 Å². The van der Waals surface area contributed by atoms with Gasteiger partial charge in [-0.25, -0.2) is 8.42 Å². The maximum atomic E-state index is 11.6. The second kappa shape index (κ2) is 11.1. The second-order valence-corrected chi connectivity index (χ2v) is 10.7. The molecule has 2 aliphatic heterocycles. The number of hydrogen-bond donors (Lipinski definition) is 2. The van der Waals surface area contributed by atoms with Crippen molar-refractivity contribution in [2.45, 2.75) is 45.3 Å². The first-order chi connectivity index (χ1) is 14.4. The number of aliphatic imine (C=N–C) groups is 1. The van der Waals surface area contributed by atoms with Crippen molar-refractivity contribution < 1.29 is 8.42 Å². The smallest absolute Gasteiger partial charge is 0.191 e. The molecule has 0 amide bonds. The number of likely N-dealkylation sites (tertiary alicyclic amines) is 1. The predicted octanol–water partition coefficient (Wildman–Crippen LogP) is 1.33. The Morgan fingerprint density at radius 1 is 1.17 bits per heavy atom. The zero-order valence-electron chi connectivity index (χ0n) is 18.4. The fourth-order valence-electron chi connectivity index (χ4n) is 4.20. The van der Waals surface area contributed by atoms with Crippen LogP contribution in [0.1, 0.15) is 32.3 Å². The molecule has 8 heteroatoms. The maximum absolute atomic E-state index is 11.6. The Kier molecular flexibility index (Phi) is 8.53. The molecule has 0 radical (unpaired) electrons. The van der Waals surface area contributed by atoms with Crippen LogP contribution >= 0.6 is 0 Å². The molecular weight excluding hydrogens is 398 g/mol. The lowest BCUT2D eigenvalue weighted by molar-refractivity contribution is 0.134.